The maximum atomic E-state index is 5.72. The zero-order valence-corrected chi connectivity index (χ0v) is 15.2. The summed E-state index contributed by atoms with van der Waals surface area (Å²) >= 11 is 3.01. The summed E-state index contributed by atoms with van der Waals surface area (Å²) < 4.78 is 16.7. The number of benzene rings is 1. The van der Waals surface area contributed by atoms with Gasteiger partial charge in [-0.3, -0.25) is 0 Å². The number of rotatable bonds is 7. The zero-order chi connectivity index (χ0) is 16.9. The normalized spacial score (nSPS) is 10.8. The summed E-state index contributed by atoms with van der Waals surface area (Å²) in [6, 6.07) is 7.56. The third kappa shape index (κ3) is 3.88. The predicted octanol–water partition coefficient (Wildman–Crippen LogP) is 3.99. The van der Waals surface area contributed by atoms with Gasteiger partial charge < -0.3 is 13.9 Å². The fourth-order valence-electron chi connectivity index (χ4n) is 2.11. The van der Waals surface area contributed by atoms with Gasteiger partial charge >= 0.3 is 0 Å². The number of para-hydroxylation sites is 2. The molecule has 24 heavy (non-hydrogen) atoms. The van der Waals surface area contributed by atoms with E-state index < -0.39 is 0 Å². The quantitative estimate of drug-likeness (QED) is 0.464. The number of hydrogen-bond donors (Lipinski definition) is 0. The molecule has 0 radical (unpaired) electrons. The number of thiazole rings is 1. The first kappa shape index (κ1) is 16.8. The minimum Gasteiger partial charge on any atom is -0.493 e. The fourth-order valence-corrected chi connectivity index (χ4v) is 3.53. The molecule has 6 nitrogen and oxygen atoms in total. The van der Waals surface area contributed by atoms with Gasteiger partial charge in [0.1, 0.15) is 4.88 Å². The topological polar surface area (TPSA) is 70.3 Å². The van der Waals surface area contributed by atoms with Crippen LogP contribution in [0.4, 0.5) is 0 Å². The highest BCUT2D eigenvalue weighted by atomic mass is 32.2. The monoisotopic (exact) mass is 363 g/mol. The smallest absolute Gasteiger partial charge is 0.277 e. The highest BCUT2D eigenvalue weighted by molar-refractivity contribution is 7.99. The van der Waals surface area contributed by atoms with Crippen LogP contribution in [0, 0.1) is 13.8 Å². The maximum Gasteiger partial charge on any atom is 0.277 e. The molecule has 0 atom stereocenters. The summed E-state index contributed by atoms with van der Waals surface area (Å²) in [6.45, 7) is 4.42. The summed E-state index contributed by atoms with van der Waals surface area (Å²) in [7, 11) is 1.63. The van der Waals surface area contributed by atoms with Gasteiger partial charge in [-0.25, -0.2) is 4.98 Å². The van der Waals surface area contributed by atoms with Gasteiger partial charge in [0.05, 0.1) is 24.4 Å². The summed E-state index contributed by atoms with van der Waals surface area (Å²) in [5, 5.41) is 9.68. The van der Waals surface area contributed by atoms with Crippen LogP contribution in [0.25, 0.3) is 10.8 Å². The van der Waals surface area contributed by atoms with E-state index in [2.05, 4.69) is 15.2 Å². The van der Waals surface area contributed by atoms with Crippen molar-refractivity contribution in [2.75, 3.05) is 19.5 Å². The van der Waals surface area contributed by atoms with Gasteiger partial charge in [0.25, 0.3) is 11.1 Å². The second-order valence-corrected chi connectivity index (χ2v) is 7.12. The van der Waals surface area contributed by atoms with E-state index in [1.54, 1.807) is 18.4 Å². The van der Waals surface area contributed by atoms with E-state index in [1.165, 1.54) is 11.8 Å². The van der Waals surface area contributed by atoms with Gasteiger partial charge in [0.2, 0.25) is 0 Å². The summed E-state index contributed by atoms with van der Waals surface area (Å²) in [5.41, 5.74) is 0.914. The van der Waals surface area contributed by atoms with E-state index in [4.69, 9.17) is 13.9 Å². The molecule has 0 fully saturated rings. The lowest BCUT2D eigenvalue weighted by Crippen LogP contribution is -2.01. The number of aryl methyl sites for hydroxylation is 2. The Hall–Kier alpha value is -2.06. The molecule has 8 heteroatoms. The Bertz CT molecular complexity index is 817. The Balaban J connectivity index is 1.54. The Kier molecular flexibility index (Phi) is 5.37. The number of nitrogens with zero attached hydrogens (tertiary/aromatic N) is 3. The lowest BCUT2D eigenvalue weighted by atomic mass is 10.3. The molecule has 0 saturated heterocycles. The van der Waals surface area contributed by atoms with Crippen LogP contribution in [-0.4, -0.2) is 34.7 Å². The van der Waals surface area contributed by atoms with Crippen LogP contribution in [-0.2, 0) is 0 Å². The van der Waals surface area contributed by atoms with Gasteiger partial charge in [-0.15, -0.1) is 21.5 Å². The Morgan fingerprint density at radius 1 is 1.17 bits per heavy atom. The van der Waals surface area contributed by atoms with E-state index in [1.807, 2.05) is 38.1 Å². The number of methoxy groups -OCH3 is 1. The van der Waals surface area contributed by atoms with Gasteiger partial charge in [-0.2, -0.15) is 0 Å². The van der Waals surface area contributed by atoms with E-state index >= 15 is 0 Å². The number of thioether (sulfide) groups is 1. The van der Waals surface area contributed by atoms with Crippen LogP contribution in [0.2, 0.25) is 0 Å². The number of aromatic nitrogens is 3. The predicted molar refractivity (Wildman–Crippen MR) is 94.1 cm³/mol. The van der Waals surface area contributed by atoms with Gasteiger partial charge in [0, 0.05) is 5.75 Å². The van der Waals surface area contributed by atoms with Crippen molar-refractivity contribution >= 4 is 23.1 Å². The molecule has 3 aromatic rings. The lowest BCUT2D eigenvalue weighted by molar-refractivity contribution is 0.313. The Labute approximate surface area is 148 Å². The molecule has 0 unspecified atom stereocenters. The molecule has 0 aliphatic heterocycles. The van der Waals surface area contributed by atoms with Gasteiger partial charge in [-0.1, -0.05) is 23.9 Å². The highest BCUT2D eigenvalue weighted by Gasteiger charge is 2.15. The standard InChI is InChI=1S/C16H17N3O3S2/c1-10-14(24-11(2)17-10)15-18-19-16(22-15)23-9-8-21-13-7-5-4-6-12(13)20-3/h4-7H,8-9H2,1-3H3. The van der Waals surface area contributed by atoms with Gasteiger partial charge in [-0.05, 0) is 26.0 Å². The minimum atomic E-state index is 0.515. The van der Waals surface area contributed by atoms with E-state index in [0.717, 1.165) is 27.1 Å². The van der Waals surface area contributed by atoms with Crippen molar-refractivity contribution in [2.24, 2.45) is 0 Å². The van der Waals surface area contributed by atoms with Crippen molar-refractivity contribution in [1.29, 1.82) is 0 Å². The molecule has 126 valence electrons. The van der Waals surface area contributed by atoms with Crippen molar-refractivity contribution < 1.29 is 13.9 Å². The summed E-state index contributed by atoms with van der Waals surface area (Å²) in [5.74, 6) is 2.66. The van der Waals surface area contributed by atoms with Crippen molar-refractivity contribution in [3.05, 3.63) is 35.0 Å². The molecule has 2 aromatic heterocycles. The summed E-state index contributed by atoms with van der Waals surface area (Å²) in [6.07, 6.45) is 0. The van der Waals surface area contributed by atoms with Crippen molar-refractivity contribution in [1.82, 2.24) is 15.2 Å². The van der Waals surface area contributed by atoms with E-state index in [0.29, 0.717) is 23.5 Å². The van der Waals surface area contributed by atoms with E-state index in [9.17, 15) is 0 Å². The third-order valence-corrected chi connectivity index (χ3v) is 4.98. The second kappa shape index (κ2) is 7.67. The molecule has 1 aromatic carbocycles. The third-order valence-electron chi connectivity index (χ3n) is 3.14. The Morgan fingerprint density at radius 2 is 1.96 bits per heavy atom. The average molecular weight is 363 g/mol. The molecule has 0 saturated carbocycles. The number of hydrogen-bond acceptors (Lipinski definition) is 8. The molecule has 3 rings (SSSR count). The molecule has 0 aliphatic rings. The molecule has 0 amide bonds. The molecular formula is C16H17N3O3S2. The first-order chi connectivity index (χ1) is 11.7. The van der Waals surface area contributed by atoms with Crippen molar-refractivity contribution in [2.45, 2.75) is 19.1 Å². The largest absolute Gasteiger partial charge is 0.493 e. The lowest BCUT2D eigenvalue weighted by Gasteiger charge is -2.09. The average Bonchev–Trinajstić information content (AvgIpc) is 3.18. The minimum absolute atomic E-state index is 0.515. The van der Waals surface area contributed by atoms with Crippen molar-refractivity contribution in [3.63, 3.8) is 0 Å². The number of ether oxygens (including phenoxy) is 2. The van der Waals surface area contributed by atoms with Gasteiger partial charge in [0.15, 0.2) is 11.5 Å². The fraction of sp³-hybridized carbons (Fsp3) is 0.312. The molecule has 2 heterocycles. The second-order valence-electron chi connectivity index (χ2n) is 4.87. The molecule has 0 spiro atoms. The molecule has 0 aliphatic carbocycles. The molecular weight excluding hydrogens is 346 g/mol. The van der Waals surface area contributed by atoms with Crippen LogP contribution < -0.4 is 9.47 Å². The van der Waals surface area contributed by atoms with Crippen LogP contribution in [0.15, 0.2) is 33.9 Å². The highest BCUT2D eigenvalue weighted by Crippen LogP contribution is 2.31. The van der Waals surface area contributed by atoms with Crippen molar-refractivity contribution in [3.8, 4) is 22.3 Å². The van der Waals surface area contributed by atoms with Crippen LogP contribution in [0.3, 0.4) is 0 Å². The first-order valence-corrected chi connectivity index (χ1v) is 9.14. The zero-order valence-electron chi connectivity index (χ0n) is 13.6. The first-order valence-electron chi connectivity index (χ1n) is 7.34. The van der Waals surface area contributed by atoms with E-state index in [-0.39, 0.29) is 0 Å². The molecule has 0 N–H and O–H groups in total. The SMILES string of the molecule is COc1ccccc1OCCSc1nnc(-c2sc(C)nc2C)o1. The Morgan fingerprint density at radius 3 is 2.67 bits per heavy atom. The van der Waals surface area contributed by atoms with Crippen LogP contribution in [0.5, 0.6) is 11.5 Å². The summed E-state index contributed by atoms with van der Waals surface area (Å²) in [4.78, 5) is 5.30. The van der Waals surface area contributed by atoms with Crippen LogP contribution >= 0.6 is 23.1 Å². The van der Waals surface area contributed by atoms with Crippen LogP contribution in [0.1, 0.15) is 10.7 Å². The molecule has 0 bridgehead atoms. The maximum absolute atomic E-state index is 5.72.